The van der Waals surface area contributed by atoms with Gasteiger partial charge in [0, 0.05) is 5.69 Å². The minimum atomic E-state index is -4.42. The van der Waals surface area contributed by atoms with Gasteiger partial charge in [0.15, 0.2) is 0 Å². The normalized spacial score (nSPS) is 12.9. The van der Waals surface area contributed by atoms with Gasteiger partial charge >= 0.3 is 12.3 Å². The molecule has 0 aliphatic carbocycles. The smallest absolute Gasteiger partial charge is 0.320 e. The molecule has 0 saturated heterocycles. The molecule has 0 amide bonds. The van der Waals surface area contributed by atoms with Gasteiger partial charge in [-0.05, 0) is 30.7 Å². The molecular weight excluding hydrogens is 288 g/mol. The van der Waals surface area contributed by atoms with Crippen molar-refractivity contribution in [3.63, 3.8) is 0 Å². The molecule has 0 radical (unpaired) electrons. The fourth-order valence-electron chi connectivity index (χ4n) is 1.17. The third-order valence-electron chi connectivity index (χ3n) is 2.37. The van der Waals surface area contributed by atoms with Crippen molar-refractivity contribution < 1.29 is 26.0 Å². The van der Waals surface area contributed by atoms with Crippen LogP contribution in [0.5, 0.6) is 0 Å². The molecule has 1 rings (SSSR count). The Bertz CT molecular complexity index is 561. The average molecular weight is 300 g/mol. The van der Waals surface area contributed by atoms with E-state index in [1.54, 1.807) is 0 Å². The van der Waals surface area contributed by atoms with Gasteiger partial charge in [-0.1, -0.05) is 0 Å². The van der Waals surface area contributed by atoms with E-state index in [1.807, 2.05) is 0 Å². The van der Waals surface area contributed by atoms with Crippen molar-refractivity contribution >= 4 is 15.7 Å². The lowest BCUT2D eigenvalue weighted by atomic mass is 10.2. The highest BCUT2D eigenvalue weighted by molar-refractivity contribution is 7.89. The van der Waals surface area contributed by atoms with Crippen LogP contribution in [0, 0.1) is 6.92 Å². The molecule has 1 aromatic rings. The van der Waals surface area contributed by atoms with Gasteiger partial charge in [0.05, 0.1) is 11.4 Å². The lowest BCUT2D eigenvalue weighted by Gasteiger charge is -2.16. The highest BCUT2D eigenvalue weighted by atomic mass is 32.2. The molecule has 108 valence electrons. The summed E-state index contributed by atoms with van der Waals surface area (Å²) in [6.45, 7) is -0.140. The lowest BCUT2D eigenvalue weighted by Crippen LogP contribution is -2.41. The number of aryl methyl sites for hydroxylation is 1. The van der Waals surface area contributed by atoms with Gasteiger partial charge in [-0.25, -0.2) is 21.9 Å². The van der Waals surface area contributed by atoms with Crippen LogP contribution in [0.15, 0.2) is 23.1 Å². The van der Waals surface area contributed by atoms with Crippen LogP contribution in [0.1, 0.15) is 5.56 Å². The molecule has 0 atom stereocenters. The van der Waals surface area contributed by atoms with E-state index in [9.17, 15) is 26.0 Å². The number of rotatable bonds is 5. The maximum absolute atomic E-state index is 12.6. The standard InChI is InChI=1S/C10H12F4N2O2S/c1-6-4-7(2-3-8(6)15)19(17,18)16-5-10(13,14)9(11)12/h2-4,9,16H,5,15H2,1H3. The second-order valence-corrected chi connectivity index (χ2v) is 5.67. The molecule has 0 aliphatic rings. The van der Waals surface area contributed by atoms with E-state index < -0.39 is 28.9 Å². The molecule has 0 bridgehead atoms. The predicted octanol–water partition coefficient (Wildman–Crippen LogP) is 1.76. The zero-order valence-corrected chi connectivity index (χ0v) is 10.6. The fourth-order valence-corrected chi connectivity index (χ4v) is 2.30. The summed E-state index contributed by atoms with van der Waals surface area (Å²) in [5.74, 6) is -4.42. The van der Waals surface area contributed by atoms with Crippen LogP contribution in [0.25, 0.3) is 0 Å². The average Bonchev–Trinajstić information content (AvgIpc) is 2.30. The number of benzene rings is 1. The Balaban J connectivity index is 2.90. The Labute approximate surface area is 107 Å². The largest absolute Gasteiger partial charge is 0.399 e. The number of nitrogens with one attached hydrogen (secondary N) is 1. The third kappa shape index (κ3) is 3.80. The minimum absolute atomic E-state index is 0.315. The highest BCUT2D eigenvalue weighted by Gasteiger charge is 2.41. The first-order valence-electron chi connectivity index (χ1n) is 5.08. The van der Waals surface area contributed by atoms with Crippen molar-refractivity contribution in [3.05, 3.63) is 23.8 Å². The monoisotopic (exact) mass is 300 g/mol. The van der Waals surface area contributed by atoms with Crippen LogP contribution < -0.4 is 10.5 Å². The van der Waals surface area contributed by atoms with Crippen molar-refractivity contribution in [3.8, 4) is 0 Å². The number of halogens is 4. The van der Waals surface area contributed by atoms with E-state index >= 15 is 0 Å². The van der Waals surface area contributed by atoms with Gasteiger partial charge in [-0.3, -0.25) is 0 Å². The Morgan fingerprint density at radius 3 is 2.42 bits per heavy atom. The lowest BCUT2D eigenvalue weighted by molar-refractivity contribution is -0.122. The van der Waals surface area contributed by atoms with E-state index in [0.717, 1.165) is 12.1 Å². The van der Waals surface area contributed by atoms with Crippen molar-refractivity contribution in [1.29, 1.82) is 0 Å². The van der Waals surface area contributed by atoms with Crippen LogP contribution in [0.4, 0.5) is 23.2 Å². The van der Waals surface area contributed by atoms with Crippen LogP contribution in [0.3, 0.4) is 0 Å². The van der Waals surface area contributed by atoms with E-state index in [4.69, 9.17) is 5.73 Å². The topological polar surface area (TPSA) is 72.2 Å². The Morgan fingerprint density at radius 2 is 1.95 bits per heavy atom. The second kappa shape index (κ2) is 5.33. The number of alkyl halides is 4. The van der Waals surface area contributed by atoms with E-state index in [0.29, 0.717) is 11.3 Å². The van der Waals surface area contributed by atoms with Gasteiger partial charge in [-0.15, -0.1) is 0 Å². The number of anilines is 1. The quantitative estimate of drug-likeness (QED) is 0.643. The SMILES string of the molecule is Cc1cc(S(=O)(=O)NCC(F)(F)C(F)F)ccc1N. The summed E-state index contributed by atoms with van der Waals surface area (Å²) in [5, 5.41) is 0. The fraction of sp³-hybridized carbons (Fsp3) is 0.400. The van der Waals surface area contributed by atoms with Gasteiger partial charge in [0.25, 0.3) is 0 Å². The maximum atomic E-state index is 12.6. The zero-order valence-electron chi connectivity index (χ0n) is 9.83. The van der Waals surface area contributed by atoms with Gasteiger partial charge in [0.2, 0.25) is 10.0 Å². The molecule has 1 aromatic carbocycles. The first-order chi connectivity index (χ1) is 8.56. The second-order valence-electron chi connectivity index (χ2n) is 3.90. The van der Waals surface area contributed by atoms with Gasteiger partial charge in [-0.2, -0.15) is 8.78 Å². The molecule has 3 N–H and O–H groups in total. The number of hydrogen-bond acceptors (Lipinski definition) is 3. The molecule has 0 saturated carbocycles. The first kappa shape index (κ1) is 15.7. The molecule has 0 fully saturated rings. The van der Waals surface area contributed by atoms with Crippen LogP contribution >= 0.6 is 0 Å². The molecule has 0 aliphatic heterocycles. The summed E-state index contributed by atoms with van der Waals surface area (Å²) in [4.78, 5) is -0.315. The summed E-state index contributed by atoms with van der Waals surface area (Å²) in [5.41, 5.74) is 6.24. The van der Waals surface area contributed by atoms with Gasteiger partial charge < -0.3 is 5.73 Å². The molecule has 0 aromatic heterocycles. The molecule has 19 heavy (non-hydrogen) atoms. The first-order valence-corrected chi connectivity index (χ1v) is 6.56. The number of nitrogens with two attached hydrogens (primary N) is 1. The Kier molecular flexibility index (Phi) is 4.41. The molecule has 0 spiro atoms. The molecule has 4 nitrogen and oxygen atoms in total. The highest BCUT2D eigenvalue weighted by Crippen LogP contribution is 2.23. The number of sulfonamides is 1. The summed E-state index contributed by atoms with van der Waals surface area (Å²) < 4.78 is 73.8. The third-order valence-corrected chi connectivity index (χ3v) is 3.77. The van der Waals surface area contributed by atoms with Crippen LogP contribution in [-0.2, 0) is 10.0 Å². The van der Waals surface area contributed by atoms with Gasteiger partial charge in [0.1, 0.15) is 0 Å². The Morgan fingerprint density at radius 1 is 1.37 bits per heavy atom. The van der Waals surface area contributed by atoms with Crippen molar-refractivity contribution in [2.24, 2.45) is 0 Å². The summed E-state index contributed by atoms with van der Waals surface area (Å²) >= 11 is 0. The predicted molar refractivity (Wildman–Crippen MR) is 61.7 cm³/mol. The van der Waals surface area contributed by atoms with Crippen molar-refractivity contribution in [1.82, 2.24) is 4.72 Å². The van der Waals surface area contributed by atoms with E-state index in [2.05, 4.69) is 0 Å². The number of nitrogen functional groups attached to an aromatic ring is 1. The molecule has 9 heteroatoms. The number of hydrogen-bond donors (Lipinski definition) is 2. The van der Waals surface area contributed by atoms with Crippen LogP contribution in [-0.4, -0.2) is 27.3 Å². The van der Waals surface area contributed by atoms with Crippen molar-refractivity contribution in [2.75, 3.05) is 12.3 Å². The molecule has 0 unspecified atom stereocenters. The molecular formula is C10H12F4N2O2S. The summed E-state index contributed by atoms with van der Waals surface area (Å²) in [6, 6.07) is 3.55. The minimum Gasteiger partial charge on any atom is -0.399 e. The van der Waals surface area contributed by atoms with E-state index in [-0.39, 0.29) is 4.90 Å². The van der Waals surface area contributed by atoms with Crippen molar-refractivity contribution in [2.45, 2.75) is 24.2 Å². The zero-order chi connectivity index (χ0) is 14.8. The maximum Gasteiger partial charge on any atom is 0.320 e. The van der Waals surface area contributed by atoms with E-state index in [1.165, 1.54) is 17.7 Å². The summed E-state index contributed by atoms with van der Waals surface area (Å²) in [6.07, 6.45) is -3.94. The van der Waals surface area contributed by atoms with Crippen LogP contribution in [0.2, 0.25) is 0 Å². The molecule has 0 heterocycles. The Hall–Kier alpha value is -1.35. The summed E-state index contributed by atoms with van der Waals surface area (Å²) in [7, 11) is -4.29.